The van der Waals surface area contributed by atoms with Gasteiger partial charge in [-0.25, -0.2) is 4.79 Å². The highest BCUT2D eigenvalue weighted by Crippen LogP contribution is 2.16. The van der Waals surface area contributed by atoms with E-state index in [1.54, 1.807) is 13.8 Å². The van der Waals surface area contributed by atoms with Crippen molar-refractivity contribution >= 4 is 11.9 Å². The first kappa shape index (κ1) is 14.2. The maximum absolute atomic E-state index is 12.0. The zero-order valence-electron chi connectivity index (χ0n) is 11.4. The summed E-state index contributed by atoms with van der Waals surface area (Å²) in [7, 11) is 0. The minimum Gasteiger partial charge on any atom is -0.390 e. The maximum Gasteiger partial charge on any atom is 0.325 e. The fourth-order valence-electron chi connectivity index (χ4n) is 2.33. The zero-order chi connectivity index (χ0) is 14.0. The van der Waals surface area contributed by atoms with Crippen molar-refractivity contribution < 1.29 is 19.4 Å². The number of β-amino-alcohol motifs (C(OH)–C–C–N with tert-alkyl or cyclic N) is 1. The summed E-state index contributed by atoms with van der Waals surface area (Å²) in [5, 5.41) is 12.6. The summed E-state index contributed by atoms with van der Waals surface area (Å²) in [4.78, 5) is 26.8. The maximum atomic E-state index is 12.0. The van der Waals surface area contributed by atoms with Crippen molar-refractivity contribution in [2.24, 2.45) is 0 Å². The number of aliphatic hydroxyl groups excluding tert-OH is 1. The number of carbonyl (C=O) groups excluding carboxylic acids is 2. The first-order valence-electron chi connectivity index (χ1n) is 6.52. The van der Waals surface area contributed by atoms with Gasteiger partial charge in [0.25, 0.3) is 5.91 Å². The second-order valence-electron chi connectivity index (χ2n) is 5.54. The molecule has 0 aromatic rings. The number of carbonyl (C=O) groups is 2. The topological polar surface area (TPSA) is 82.1 Å². The number of amides is 3. The fraction of sp³-hybridized carbons (Fsp3) is 0.833. The molecule has 0 saturated carbocycles. The van der Waals surface area contributed by atoms with E-state index < -0.39 is 17.7 Å². The molecule has 19 heavy (non-hydrogen) atoms. The van der Waals surface area contributed by atoms with Crippen molar-refractivity contribution in [1.82, 2.24) is 15.1 Å². The lowest BCUT2D eigenvalue weighted by atomic mass is 10.1. The second-order valence-corrected chi connectivity index (χ2v) is 5.54. The van der Waals surface area contributed by atoms with Crippen LogP contribution in [0.2, 0.25) is 0 Å². The van der Waals surface area contributed by atoms with Crippen LogP contribution in [0.25, 0.3) is 0 Å². The number of rotatable bonds is 4. The van der Waals surface area contributed by atoms with Gasteiger partial charge in [0.15, 0.2) is 0 Å². The Morgan fingerprint density at radius 2 is 1.95 bits per heavy atom. The number of morpholine rings is 1. The minimum atomic E-state index is -0.879. The van der Waals surface area contributed by atoms with E-state index in [2.05, 4.69) is 10.2 Å². The summed E-state index contributed by atoms with van der Waals surface area (Å²) in [6, 6.07) is -0.434. The lowest BCUT2D eigenvalue weighted by Crippen LogP contribution is -2.46. The molecule has 2 fully saturated rings. The van der Waals surface area contributed by atoms with Crippen LogP contribution in [0.4, 0.5) is 4.79 Å². The molecule has 2 aliphatic heterocycles. The van der Waals surface area contributed by atoms with Crippen molar-refractivity contribution in [3.8, 4) is 0 Å². The van der Waals surface area contributed by atoms with Crippen LogP contribution in [0, 0.1) is 0 Å². The molecule has 2 saturated heterocycles. The molecule has 0 bridgehead atoms. The van der Waals surface area contributed by atoms with Crippen molar-refractivity contribution in [2.75, 3.05) is 39.4 Å². The number of nitrogens with one attached hydrogen (secondary N) is 1. The molecule has 7 heteroatoms. The van der Waals surface area contributed by atoms with Crippen molar-refractivity contribution in [2.45, 2.75) is 25.5 Å². The molecular formula is C12H21N3O4. The van der Waals surface area contributed by atoms with E-state index in [9.17, 15) is 14.7 Å². The zero-order valence-corrected chi connectivity index (χ0v) is 11.4. The molecule has 0 aliphatic carbocycles. The van der Waals surface area contributed by atoms with Crippen LogP contribution < -0.4 is 5.32 Å². The predicted molar refractivity (Wildman–Crippen MR) is 67.6 cm³/mol. The lowest BCUT2D eigenvalue weighted by Gasteiger charge is -2.29. The Kier molecular flexibility index (Phi) is 4.07. The number of ether oxygens (including phenoxy) is 1. The molecule has 0 aromatic heterocycles. The molecule has 2 aliphatic rings. The second kappa shape index (κ2) is 5.44. The quantitative estimate of drug-likeness (QED) is 0.642. The molecule has 0 aromatic carbocycles. The largest absolute Gasteiger partial charge is 0.390 e. The van der Waals surface area contributed by atoms with Gasteiger partial charge in [0.1, 0.15) is 5.54 Å². The first-order chi connectivity index (χ1) is 8.90. The van der Waals surface area contributed by atoms with Crippen LogP contribution in [0.15, 0.2) is 0 Å². The van der Waals surface area contributed by atoms with E-state index in [1.807, 2.05) is 0 Å². The fourth-order valence-corrected chi connectivity index (χ4v) is 2.33. The molecule has 108 valence electrons. The number of nitrogens with zero attached hydrogens (tertiary/aromatic N) is 2. The third-order valence-corrected chi connectivity index (χ3v) is 3.41. The van der Waals surface area contributed by atoms with Gasteiger partial charge in [-0.15, -0.1) is 0 Å². The van der Waals surface area contributed by atoms with E-state index in [1.165, 1.54) is 0 Å². The summed E-state index contributed by atoms with van der Waals surface area (Å²) in [6.07, 6.45) is -0.735. The Morgan fingerprint density at radius 3 is 2.47 bits per heavy atom. The van der Waals surface area contributed by atoms with Crippen molar-refractivity contribution in [1.29, 1.82) is 0 Å². The Bertz CT molecular complexity index is 366. The summed E-state index contributed by atoms with van der Waals surface area (Å²) in [6.45, 7) is 6.63. The van der Waals surface area contributed by atoms with Gasteiger partial charge in [-0.1, -0.05) is 0 Å². The molecule has 7 nitrogen and oxygen atoms in total. The number of hydrogen-bond donors (Lipinski definition) is 2. The normalized spacial score (nSPS) is 25.5. The molecule has 2 rings (SSSR count). The Balaban J connectivity index is 1.86. The Labute approximate surface area is 112 Å². The molecular weight excluding hydrogens is 250 g/mol. The summed E-state index contributed by atoms with van der Waals surface area (Å²) in [5.41, 5.74) is -0.879. The monoisotopic (exact) mass is 271 g/mol. The van der Waals surface area contributed by atoms with Gasteiger partial charge in [0.05, 0.1) is 25.9 Å². The van der Waals surface area contributed by atoms with Gasteiger partial charge in [-0.05, 0) is 13.8 Å². The average molecular weight is 271 g/mol. The van der Waals surface area contributed by atoms with Crippen LogP contribution in [-0.2, 0) is 9.53 Å². The SMILES string of the molecule is CC1(C)NC(=O)N(C[C@@H](O)CN2CCOCC2)C1=O. The molecule has 1 atom stereocenters. The third-order valence-electron chi connectivity index (χ3n) is 3.41. The number of urea groups is 1. The van der Waals surface area contributed by atoms with Gasteiger partial charge < -0.3 is 15.2 Å². The highest BCUT2D eigenvalue weighted by Gasteiger charge is 2.44. The average Bonchev–Trinajstić information content (AvgIpc) is 2.53. The lowest BCUT2D eigenvalue weighted by molar-refractivity contribution is -0.131. The molecule has 0 spiro atoms. The van der Waals surface area contributed by atoms with Crippen LogP contribution >= 0.6 is 0 Å². The smallest absolute Gasteiger partial charge is 0.325 e. The van der Waals surface area contributed by atoms with Crippen LogP contribution in [0.5, 0.6) is 0 Å². The van der Waals surface area contributed by atoms with Gasteiger partial charge >= 0.3 is 6.03 Å². The first-order valence-corrected chi connectivity index (χ1v) is 6.52. The molecule has 0 radical (unpaired) electrons. The highest BCUT2D eigenvalue weighted by molar-refractivity contribution is 6.06. The highest BCUT2D eigenvalue weighted by atomic mass is 16.5. The van der Waals surface area contributed by atoms with Crippen LogP contribution in [-0.4, -0.2) is 77.9 Å². The van der Waals surface area contributed by atoms with Gasteiger partial charge in [-0.3, -0.25) is 14.6 Å². The van der Waals surface area contributed by atoms with Crippen molar-refractivity contribution in [3.05, 3.63) is 0 Å². The van der Waals surface area contributed by atoms with Crippen LogP contribution in [0.3, 0.4) is 0 Å². The molecule has 3 amide bonds. The summed E-state index contributed by atoms with van der Waals surface area (Å²) < 4.78 is 5.22. The van der Waals surface area contributed by atoms with E-state index in [0.717, 1.165) is 18.0 Å². The van der Waals surface area contributed by atoms with Crippen molar-refractivity contribution in [3.63, 3.8) is 0 Å². The Morgan fingerprint density at radius 1 is 1.32 bits per heavy atom. The van der Waals surface area contributed by atoms with Gasteiger partial charge in [0, 0.05) is 19.6 Å². The predicted octanol–water partition coefficient (Wildman–Crippen LogP) is -0.990. The number of aliphatic hydroxyl groups is 1. The standard InChI is InChI=1S/C12H21N3O4/c1-12(2)10(17)15(11(18)13-12)8-9(16)7-14-3-5-19-6-4-14/h9,16H,3-8H2,1-2H3,(H,13,18)/t9-/m0/s1. The minimum absolute atomic E-state index is 0.0332. The summed E-state index contributed by atoms with van der Waals surface area (Å²) in [5.74, 6) is -0.293. The third kappa shape index (κ3) is 3.23. The molecule has 2 heterocycles. The van der Waals surface area contributed by atoms with Gasteiger partial charge in [0.2, 0.25) is 0 Å². The van der Waals surface area contributed by atoms with Crippen LogP contribution in [0.1, 0.15) is 13.8 Å². The molecule has 2 N–H and O–H groups in total. The van der Waals surface area contributed by atoms with E-state index >= 15 is 0 Å². The number of imide groups is 1. The van der Waals surface area contributed by atoms with Gasteiger partial charge in [-0.2, -0.15) is 0 Å². The molecule has 0 unspecified atom stereocenters. The van der Waals surface area contributed by atoms with E-state index in [-0.39, 0.29) is 12.5 Å². The number of hydrogen-bond acceptors (Lipinski definition) is 5. The Hall–Kier alpha value is -1.18. The van der Waals surface area contributed by atoms with E-state index in [0.29, 0.717) is 19.8 Å². The summed E-state index contributed by atoms with van der Waals surface area (Å²) >= 11 is 0. The van der Waals surface area contributed by atoms with E-state index in [4.69, 9.17) is 4.74 Å².